The summed E-state index contributed by atoms with van der Waals surface area (Å²) in [6.45, 7) is 1.81. The van der Waals surface area contributed by atoms with Crippen LogP contribution in [0.25, 0.3) is 22.2 Å². The predicted molar refractivity (Wildman–Crippen MR) is 178 cm³/mol. The molecule has 0 spiro atoms. The molecule has 0 N–H and O–H groups in total. The van der Waals surface area contributed by atoms with Crippen molar-refractivity contribution in [2.45, 2.75) is 38.7 Å². The molecule has 10 heteroatoms. The van der Waals surface area contributed by atoms with Crippen LogP contribution in [0.1, 0.15) is 52.0 Å². The van der Waals surface area contributed by atoms with Crippen molar-refractivity contribution in [2.75, 3.05) is 10.8 Å². The third-order valence-corrected chi connectivity index (χ3v) is 10.7. The summed E-state index contributed by atoms with van der Waals surface area (Å²) >= 11 is 18.5. The topological polar surface area (TPSA) is 93.6 Å². The number of halogens is 3. The molecule has 2 aliphatic carbocycles. The van der Waals surface area contributed by atoms with E-state index in [-0.39, 0.29) is 47.3 Å². The molecule has 2 amide bonds. The van der Waals surface area contributed by atoms with Crippen molar-refractivity contribution >= 4 is 75.0 Å². The second kappa shape index (κ2) is 12.1. The first-order chi connectivity index (χ1) is 22.2. The number of rotatable bonds is 8. The molecule has 7 rings (SSSR count). The third kappa shape index (κ3) is 5.19. The number of ketones is 1. The summed E-state index contributed by atoms with van der Waals surface area (Å²) in [6, 6.07) is 18.4. The van der Waals surface area contributed by atoms with Crippen LogP contribution in [0.15, 0.2) is 66.7 Å². The summed E-state index contributed by atoms with van der Waals surface area (Å²) < 4.78 is 5.81. The van der Waals surface area contributed by atoms with Crippen molar-refractivity contribution in [1.82, 2.24) is 4.98 Å². The van der Waals surface area contributed by atoms with Crippen LogP contribution in [-0.2, 0) is 14.3 Å². The highest BCUT2D eigenvalue weighted by Crippen LogP contribution is 2.56. The number of benzene rings is 3. The van der Waals surface area contributed by atoms with Crippen LogP contribution in [0.4, 0.5) is 5.69 Å². The number of hydrogen-bond acceptors (Lipinski definition) is 6. The van der Waals surface area contributed by atoms with Gasteiger partial charge in [0.1, 0.15) is 0 Å². The number of fused-ring (bicyclic) bond motifs is 6. The Bertz CT molecular complexity index is 1880. The zero-order valence-corrected chi connectivity index (χ0v) is 27.1. The molecule has 4 aromatic rings. The Kier molecular flexibility index (Phi) is 8.12. The number of alkyl halides is 1. The van der Waals surface area contributed by atoms with Crippen LogP contribution in [0.5, 0.6) is 0 Å². The van der Waals surface area contributed by atoms with E-state index in [9.17, 15) is 19.2 Å². The average molecular weight is 676 g/mol. The zero-order chi connectivity index (χ0) is 32.3. The maximum Gasteiger partial charge on any atom is 0.339 e. The minimum Gasteiger partial charge on any atom is -0.450 e. The van der Waals surface area contributed by atoms with E-state index in [2.05, 4.69) is 0 Å². The van der Waals surface area contributed by atoms with Gasteiger partial charge in [-0.3, -0.25) is 19.3 Å². The predicted octanol–water partition coefficient (Wildman–Crippen LogP) is 8.09. The highest BCUT2D eigenvalue weighted by Gasteiger charge is 2.61. The van der Waals surface area contributed by atoms with Gasteiger partial charge in [0, 0.05) is 38.9 Å². The standard InChI is InChI=1S/C36H29Cl3N2O5/c1-18-27(39)13-12-25-26(36(45)46-29(14-15-37)33(42)20-4-8-23(38)9-5-20)17-28(40-32(18)25)19-6-10-24(11-7-19)41-34(43)30-21-2-3-22(16-21)31(30)35(41)44/h4-13,17,21-22,29-31H,2-3,14-16H2,1H3. The van der Waals surface area contributed by atoms with Crippen molar-refractivity contribution in [3.63, 3.8) is 0 Å². The maximum absolute atomic E-state index is 13.8. The van der Waals surface area contributed by atoms with Crippen molar-refractivity contribution in [1.29, 1.82) is 0 Å². The van der Waals surface area contributed by atoms with Crippen LogP contribution in [0.2, 0.25) is 10.0 Å². The quantitative estimate of drug-likeness (QED) is 0.0811. The Hall–Kier alpha value is -3.78. The molecule has 3 fully saturated rings. The summed E-state index contributed by atoms with van der Waals surface area (Å²) in [5.74, 6) is -1.01. The van der Waals surface area contributed by atoms with E-state index in [1.54, 1.807) is 66.7 Å². The van der Waals surface area contributed by atoms with Gasteiger partial charge >= 0.3 is 5.97 Å². The highest BCUT2D eigenvalue weighted by atomic mass is 35.5. The lowest BCUT2D eigenvalue weighted by Gasteiger charge is -2.19. The molecule has 3 aliphatic rings. The van der Waals surface area contributed by atoms with Crippen LogP contribution in [0, 0.1) is 30.6 Å². The number of pyridine rings is 1. The molecule has 2 saturated carbocycles. The van der Waals surface area contributed by atoms with E-state index >= 15 is 0 Å². The van der Waals surface area contributed by atoms with Crippen LogP contribution in [-0.4, -0.2) is 40.5 Å². The monoisotopic (exact) mass is 674 g/mol. The molecule has 5 atom stereocenters. The van der Waals surface area contributed by atoms with Crippen molar-refractivity contribution in [2.24, 2.45) is 23.7 Å². The van der Waals surface area contributed by atoms with Crippen molar-refractivity contribution in [3.8, 4) is 11.3 Å². The van der Waals surface area contributed by atoms with Gasteiger partial charge in [0.2, 0.25) is 17.6 Å². The molecule has 2 heterocycles. The van der Waals surface area contributed by atoms with Crippen LogP contribution in [0.3, 0.4) is 0 Å². The average Bonchev–Trinajstić information content (AvgIpc) is 3.75. The lowest BCUT2D eigenvalue weighted by atomic mass is 9.81. The minimum absolute atomic E-state index is 0.103. The molecule has 5 unspecified atom stereocenters. The van der Waals surface area contributed by atoms with E-state index < -0.39 is 12.1 Å². The molecule has 0 radical (unpaired) electrons. The van der Waals surface area contributed by atoms with Crippen molar-refractivity contribution in [3.05, 3.63) is 93.5 Å². The highest BCUT2D eigenvalue weighted by molar-refractivity contribution is 6.32. The number of ether oxygens (including phenoxy) is 1. The molecule has 46 heavy (non-hydrogen) atoms. The molecule has 3 aromatic carbocycles. The second-order valence-corrected chi connectivity index (χ2v) is 13.5. The first-order valence-electron chi connectivity index (χ1n) is 15.3. The first-order valence-corrected chi connectivity index (χ1v) is 16.6. The van der Waals surface area contributed by atoms with Crippen LogP contribution < -0.4 is 4.90 Å². The fraction of sp³-hybridized carbons (Fsp3) is 0.306. The Balaban J connectivity index is 1.21. The zero-order valence-electron chi connectivity index (χ0n) is 24.8. The summed E-state index contributed by atoms with van der Waals surface area (Å²) in [5, 5.41) is 1.48. The van der Waals surface area contributed by atoms with E-state index in [0.29, 0.717) is 60.9 Å². The van der Waals surface area contributed by atoms with Gasteiger partial charge in [-0.2, -0.15) is 0 Å². The number of nitrogens with zero attached hydrogens (tertiary/aromatic N) is 2. The Morgan fingerprint density at radius 2 is 1.59 bits per heavy atom. The minimum atomic E-state index is -1.12. The number of anilines is 1. The molecular weight excluding hydrogens is 647 g/mol. The number of esters is 1. The molecule has 234 valence electrons. The van der Waals surface area contributed by atoms with Gasteiger partial charge < -0.3 is 4.74 Å². The Labute approximate surface area is 280 Å². The van der Waals surface area contributed by atoms with E-state index in [1.807, 2.05) is 6.92 Å². The number of amides is 2. The van der Waals surface area contributed by atoms with Gasteiger partial charge in [-0.25, -0.2) is 9.78 Å². The van der Waals surface area contributed by atoms with Gasteiger partial charge in [-0.15, -0.1) is 11.6 Å². The maximum atomic E-state index is 13.8. The molecule has 2 bridgehead atoms. The first kappa shape index (κ1) is 30.9. The number of Topliss-reactive ketones (excluding diaryl/α,β-unsaturated/α-hetero) is 1. The van der Waals surface area contributed by atoms with Gasteiger partial charge in [0.15, 0.2) is 6.10 Å². The number of hydrogen-bond donors (Lipinski definition) is 0. The molecule has 7 nitrogen and oxygen atoms in total. The normalized spacial score (nSPS) is 22.4. The lowest BCUT2D eigenvalue weighted by Crippen LogP contribution is -2.32. The number of carbonyl (C=O) groups excluding carboxylic acids is 4. The SMILES string of the molecule is Cc1c(Cl)ccc2c(C(=O)OC(CCCl)C(=O)c3ccc(Cl)cc3)cc(-c3ccc(N4C(=O)C5C6CCC(C6)C5C4=O)cc3)nc12. The number of imide groups is 1. The van der Waals surface area contributed by atoms with E-state index in [0.717, 1.165) is 19.3 Å². The molecule has 1 aliphatic heterocycles. The number of carbonyl (C=O) groups is 4. The van der Waals surface area contributed by atoms with Gasteiger partial charge in [0.05, 0.1) is 34.3 Å². The smallest absolute Gasteiger partial charge is 0.339 e. The van der Waals surface area contributed by atoms with Crippen LogP contribution >= 0.6 is 34.8 Å². The Morgan fingerprint density at radius 1 is 0.935 bits per heavy atom. The van der Waals surface area contributed by atoms with E-state index in [4.69, 9.17) is 44.5 Å². The summed E-state index contributed by atoms with van der Waals surface area (Å²) in [5.41, 5.74) is 3.39. The fourth-order valence-corrected chi connectivity index (χ4v) is 7.98. The molecular formula is C36H29Cl3N2O5. The largest absolute Gasteiger partial charge is 0.450 e. The van der Waals surface area contributed by atoms with Gasteiger partial charge in [-0.1, -0.05) is 41.4 Å². The summed E-state index contributed by atoms with van der Waals surface area (Å²) in [6.07, 6.45) is 2.01. The summed E-state index contributed by atoms with van der Waals surface area (Å²) in [7, 11) is 0. The molecule has 1 aromatic heterocycles. The third-order valence-electron chi connectivity index (χ3n) is 9.78. The lowest BCUT2D eigenvalue weighted by molar-refractivity contribution is -0.123. The van der Waals surface area contributed by atoms with Gasteiger partial charge in [-0.05, 0) is 92.1 Å². The van der Waals surface area contributed by atoms with Gasteiger partial charge in [0.25, 0.3) is 0 Å². The number of aryl methyl sites for hydroxylation is 1. The fourth-order valence-electron chi connectivity index (χ4n) is 7.50. The molecule has 1 saturated heterocycles. The van der Waals surface area contributed by atoms with Crippen molar-refractivity contribution < 1.29 is 23.9 Å². The second-order valence-electron chi connectivity index (χ2n) is 12.3. The summed E-state index contributed by atoms with van der Waals surface area (Å²) in [4.78, 5) is 60.0. The number of aromatic nitrogens is 1. The van der Waals surface area contributed by atoms with E-state index in [1.165, 1.54) is 4.90 Å². The Morgan fingerprint density at radius 3 is 2.22 bits per heavy atom.